The smallest absolute Gasteiger partial charge is 0.229 e. The van der Waals surface area contributed by atoms with Gasteiger partial charge >= 0.3 is 0 Å². The van der Waals surface area contributed by atoms with Gasteiger partial charge in [-0.3, -0.25) is 4.79 Å². The molecule has 1 aliphatic rings. The summed E-state index contributed by atoms with van der Waals surface area (Å²) in [6.07, 6.45) is 5.61. The molecular formula is C17H19N5O2. The van der Waals surface area contributed by atoms with Crippen molar-refractivity contribution in [3.05, 3.63) is 41.2 Å². The minimum absolute atomic E-state index is 0.120. The molecule has 24 heavy (non-hydrogen) atoms. The van der Waals surface area contributed by atoms with Crippen molar-refractivity contribution >= 4 is 17.2 Å². The number of anilines is 1. The number of carbonyl (C=O) groups excluding carboxylic acids is 1. The van der Waals surface area contributed by atoms with E-state index in [0.717, 1.165) is 29.9 Å². The van der Waals surface area contributed by atoms with E-state index in [0.29, 0.717) is 23.0 Å². The molecule has 7 heteroatoms. The SMILES string of the molecule is Cc1noc(C)c1CC(=O)Nc1cccn2nc(C3CCC3)nc12. The second kappa shape index (κ2) is 5.74. The van der Waals surface area contributed by atoms with Crippen molar-refractivity contribution in [3.63, 3.8) is 0 Å². The van der Waals surface area contributed by atoms with Crippen LogP contribution in [-0.2, 0) is 11.2 Å². The maximum absolute atomic E-state index is 12.4. The number of hydrogen-bond donors (Lipinski definition) is 1. The fourth-order valence-electron chi connectivity index (χ4n) is 2.97. The first-order valence-corrected chi connectivity index (χ1v) is 8.18. The van der Waals surface area contributed by atoms with Gasteiger partial charge in [0.15, 0.2) is 11.5 Å². The summed E-state index contributed by atoms with van der Waals surface area (Å²) in [5, 5.41) is 11.4. The molecule has 3 aromatic rings. The third kappa shape index (κ3) is 2.55. The van der Waals surface area contributed by atoms with Crippen LogP contribution in [0.5, 0.6) is 0 Å². The molecule has 1 saturated carbocycles. The number of aryl methyl sites for hydroxylation is 2. The Morgan fingerprint density at radius 2 is 2.25 bits per heavy atom. The van der Waals surface area contributed by atoms with Crippen LogP contribution in [0.1, 0.15) is 48.0 Å². The normalized spacial score (nSPS) is 14.8. The minimum Gasteiger partial charge on any atom is -0.361 e. The summed E-state index contributed by atoms with van der Waals surface area (Å²) >= 11 is 0. The minimum atomic E-state index is -0.120. The second-order valence-corrected chi connectivity index (χ2v) is 6.32. The molecule has 1 aliphatic carbocycles. The predicted octanol–water partition coefficient (Wildman–Crippen LogP) is 2.78. The molecule has 0 unspecified atom stereocenters. The van der Waals surface area contributed by atoms with E-state index < -0.39 is 0 Å². The first kappa shape index (κ1) is 14.9. The van der Waals surface area contributed by atoms with Gasteiger partial charge in [0, 0.05) is 17.7 Å². The predicted molar refractivity (Wildman–Crippen MR) is 87.9 cm³/mol. The Bertz CT molecular complexity index is 887. The van der Waals surface area contributed by atoms with Gasteiger partial charge in [0.2, 0.25) is 5.91 Å². The van der Waals surface area contributed by atoms with Crippen molar-refractivity contribution in [3.8, 4) is 0 Å². The Morgan fingerprint density at radius 1 is 1.42 bits per heavy atom. The highest BCUT2D eigenvalue weighted by atomic mass is 16.5. The molecule has 4 rings (SSSR count). The molecule has 0 bridgehead atoms. The maximum atomic E-state index is 12.4. The molecule has 1 N–H and O–H groups in total. The van der Waals surface area contributed by atoms with Crippen molar-refractivity contribution in [1.29, 1.82) is 0 Å². The largest absolute Gasteiger partial charge is 0.361 e. The topological polar surface area (TPSA) is 85.3 Å². The average molecular weight is 325 g/mol. The summed E-state index contributed by atoms with van der Waals surface area (Å²) in [6.45, 7) is 3.65. The lowest BCUT2D eigenvalue weighted by molar-refractivity contribution is -0.115. The highest BCUT2D eigenvalue weighted by Gasteiger charge is 2.24. The van der Waals surface area contributed by atoms with Gasteiger partial charge in [-0.2, -0.15) is 5.10 Å². The van der Waals surface area contributed by atoms with E-state index in [1.807, 2.05) is 32.2 Å². The number of fused-ring (bicyclic) bond motifs is 1. The second-order valence-electron chi connectivity index (χ2n) is 6.32. The fourth-order valence-corrected chi connectivity index (χ4v) is 2.97. The van der Waals surface area contributed by atoms with E-state index >= 15 is 0 Å². The molecule has 3 aromatic heterocycles. The zero-order chi connectivity index (χ0) is 16.7. The van der Waals surface area contributed by atoms with Gasteiger partial charge in [-0.05, 0) is 38.8 Å². The highest BCUT2D eigenvalue weighted by Crippen LogP contribution is 2.35. The number of nitrogens with zero attached hydrogens (tertiary/aromatic N) is 4. The molecule has 0 aromatic carbocycles. The third-order valence-electron chi connectivity index (χ3n) is 4.64. The lowest BCUT2D eigenvalue weighted by atomic mass is 9.85. The van der Waals surface area contributed by atoms with Crippen LogP contribution in [0.15, 0.2) is 22.9 Å². The highest BCUT2D eigenvalue weighted by molar-refractivity contribution is 5.95. The molecule has 7 nitrogen and oxygen atoms in total. The van der Waals surface area contributed by atoms with Crippen LogP contribution in [-0.4, -0.2) is 25.7 Å². The summed E-state index contributed by atoms with van der Waals surface area (Å²) in [5.74, 6) is 1.88. The van der Waals surface area contributed by atoms with Gasteiger partial charge in [0.05, 0.1) is 17.8 Å². The Kier molecular flexibility index (Phi) is 3.55. The summed E-state index contributed by atoms with van der Waals surface area (Å²) in [4.78, 5) is 17.0. The van der Waals surface area contributed by atoms with Gasteiger partial charge in [0.25, 0.3) is 0 Å². The first-order chi connectivity index (χ1) is 11.6. The molecule has 124 valence electrons. The van der Waals surface area contributed by atoms with E-state index in [1.54, 1.807) is 4.52 Å². The number of nitrogens with one attached hydrogen (secondary N) is 1. The standard InChI is InChI=1S/C17H19N5O2/c1-10-13(11(2)24-21-10)9-15(23)18-14-7-4-8-22-17(14)19-16(20-22)12-5-3-6-12/h4,7-8,12H,3,5-6,9H2,1-2H3,(H,18,23). The maximum Gasteiger partial charge on any atom is 0.229 e. The van der Waals surface area contributed by atoms with Crippen LogP contribution < -0.4 is 5.32 Å². The van der Waals surface area contributed by atoms with Crippen LogP contribution in [0.4, 0.5) is 5.69 Å². The van der Waals surface area contributed by atoms with Crippen molar-refractivity contribution < 1.29 is 9.32 Å². The molecule has 0 radical (unpaired) electrons. The summed E-state index contributed by atoms with van der Waals surface area (Å²) < 4.78 is 6.84. The number of aromatic nitrogens is 4. The van der Waals surface area contributed by atoms with Gasteiger partial charge in [0.1, 0.15) is 5.76 Å². The molecule has 1 fully saturated rings. The van der Waals surface area contributed by atoms with Crippen LogP contribution in [0.2, 0.25) is 0 Å². The molecule has 1 amide bonds. The van der Waals surface area contributed by atoms with Crippen molar-refractivity contribution in [2.45, 2.75) is 45.4 Å². The lowest BCUT2D eigenvalue weighted by Crippen LogP contribution is -2.16. The Morgan fingerprint density at radius 3 is 2.92 bits per heavy atom. The average Bonchev–Trinajstić information content (AvgIpc) is 3.04. The zero-order valence-corrected chi connectivity index (χ0v) is 13.7. The fraction of sp³-hybridized carbons (Fsp3) is 0.412. The van der Waals surface area contributed by atoms with Crippen LogP contribution in [0.3, 0.4) is 0 Å². The summed E-state index contributed by atoms with van der Waals surface area (Å²) in [7, 11) is 0. The molecule has 0 aliphatic heterocycles. The summed E-state index contributed by atoms with van der Waals surface area (Å²) in [5.41, 5.74) is 2.94. The monoisotopic (exact) mass is 325 g/mol. The molecular weight excluding hydrogens is 306 g/mol. The van der Waals surface area contributed by atoms with Crippen molar-refractivity contribution in [2.24, 2.45) is 0 Å². The Balaban J connectivity index is 1.57. The Labute approximate surface area is 139 Å². The Hall–Kier alpha value is -2.70. The molecule has 3 heterocycles. The number of rotatable bonds is 4. The van der Waals surface area contributed by atoms with E-state index in [2.05, 4.69) is 20.6 Å². The first-order valence-electron chi connectivity index (χ1n) is 8.18. The number of amides is 1. The zero-order valence-electron chi connectivity index (χ0n) is 13.7. The van der Waals surface area contributed by atoms with Gasteiger partial charge in [-0.15, -0.1) is 0 Å². The number of pyridine rings is 1. The summed E-state index contributed by atoms with van der Waals surface area (Å²) in [6, 6.07) is 3.71. The van der Waals surface area contributed by atoms with E-state index in [-0.39, 0.29) is 12.3 Å². The molecule has 0 spiro atoms. The van der Waals surface area contributed by atoms with Gasteiger partial charge in [-0.1, -0.05) is 11.6 Å². The third-order valence-corrected chi connectivity index (χ3v) is 4.64. The van der Waals surface area contributed by atoms with Gasteiger partial charge < -0.3 is 9.84 Å². The van der Waals surface area contributed by atoms with Crippen molar-refractivity contribution in [1.82, 2.24) is 19.8 Å². The molecule has 0 atom stereocenters. The number of hydrogen-bond acceptors (Lipinski definition) is 5. The van der Waals surface area contributed by atoms with Crippen LogP contribution in [0.25, 0.3) is 5.65 Å². The van der Waals surface area contributed by atoms with Crippen molar-refractivity contribution in [2.75, 3.05) is 5.32 Å². The lowest BCUT2D eigenvalue weighted by Gasteiger charge is -2.21. The number of carbonyl (C=O) groups is 1. The van der Waals surface area contributed by atoms with E-state index in [4.69, 9.17) is 4.52 Å². The van der Waals surface area contributed by atoms with Crippen LogP contribution in [0, 0.1) is 13.8 Å². The van der Waals surface area contributed by atoms with E-state index in [1.165, 1.54) is 6.42 Å². The van der Waals surface area contributed by atoms with E-state index in [9.17, 15) is 4.79 Å². The van der Waals surface area contributed by atoms with Crippen LogP contribution >= 0.6 is 0 Å². The van der Waals surface area contributed by atoms with Gasteiger partial charge in [-0.25, -0.2) is 9.50 Å². The quantitative estimate of drug-likeness (QED) is 0.797. The molecule has 0 saturated heterocycles.